The van der Waals surface area contributed by atoms with Crippen molar-refractivity contribution in [2.75, 3.05) is 50.1 Å². The first-order chi connectivity index (χ1) is 11.1. The van der Waals surface area contributed by atoms with E-state index in [2.05, 4.69) is 26.8 Å². The topological polar surface area (TPSA) is 52.6 Å². The van der Waals surface area contributed by atoms with Gasteiger partial charge >= 0.3 is 0 Å². The molecule has 0 bridgehead atoms. The highest BCUT2D eigenvalue weighted by atomic mass is 16.2. The van der Waals surface area contributed by atoms with E-state index in [0.717, 1.165) is 31.9 Å². The van der Waals surface area contributed by atoms with Crippen LogP contribution in [0.3, 0.4) is 0 Å². The largest absolute Gasteiger partial charge is 0.338 e. The molecule has 1 aromatic heterocycles. The summed E-state index contributed by atoms with van der Waals surface area (Å²) < 4.78 is 0. The Morgan fingerprint density at radius 1 is 1.09 bits per heavy atom. The lowest BCUT2D eigenvalue weighted by molar-refractivity contribution is 0.0988. The molecule has 1 saturated heterocycles. The van der Waals surface area contributed by atoms with E-state index in [-0.39, 0.29) is 5.91 Å². The van der Waals surface area contributed by atoms with E-state index in [1.165, 1.54) is 0 Å². The van der Waals surface area contributed by atoms with Gasteiger partial charge in [0.1, 0.15) is 5.69 Å². The number of carbonyl (C=O) groups excluding carboxylic acids is 1. The lowest BCUT2D eigenvalue weighted by Gasteiger charge is -2.32. The van der Waals surface area contributed by atoms with E-state index >= 15 is 0 Å². The Bertz CT molecular complexity index is 668. The fraction of sp³-hybridized carbons (Fsp3) is 0.353. The summed E-state index contributed by atoms with van der Waals surface area (Å²) in [6.07, 6.45) is 1.66. The molecule has 6 heteroatoms. The monoisotopic (exact) mass is 311 g/mol. The number of nitrogens with zero attached hydrogens (tertiary/aromatic N) is 5. The number of anilines is 2. The summed E-state index contributed by atoms with van der Waals surface area (Å²) in [6, 6.07) is 11.2. The molecule has 1 aliphatic heterocycles. The molecular formula is C17H21N5O. The first-order valence-corrected chi connectivity index (χ1v) is 7.75. The van der Waals surface area contributed by atoms with Crippen LogP contribution in [-0.4, -0.2) is 61.0 Å². The fourth-order valence-corrected chi connectivity index (χ4v) is 2.57. The van der Waals surface area contributed by atoms with Crippen LogP contribution < -0.4 is 9.80 Å². The van der Waals surface area contributed by atoms with Crippen LogP contribution in [0.5, 0.6) is 0 Å². The number of para-hydroxylation sites is 1. The number of amides is 1. The molecule has 0 saturated carbocycles. The number of likely N-dealkylation sites (N-methyl/N-ethyl adjacent to an activating group) is 1. The lowest BCUT2D eigenvalue weighted by atomic mass is 10.2. The van der Waals surface area contributed by atoms with Gasteiger partial charge in [-0.1, -0.05) is 18.2 Å². The summed E-state index contributed by atoms with van der Waals surface area (Å²) in [5, 5.41) is 0. The van der Waals surface area contributed by atoms with Crippen molar-refractivity contribution >= 4 is 17.5 Å². The van der Waals surface area contributed by atoms with Crippen LogP contribution in [0.25, 0.3) is 0 Å². The van der Waals surface area contributed by atoms with E-state index in [0.29, 0.717) is 11.6 Å². The van der Waals surface area contributed by atoms with E-state index in [9.17, 15) is 4.79 Å². The molecule has 6 nitrogen and oxygen atoms in total. The zero-order valence-corrected chi connectivity index (χ0v) is 13.5. The molecule has 1 aromatic carbocycles. The maximum absolute atomic E-state index is 12.6. The number of benzene rings is 1. The molecule has 0 spiro atoms. The van der Waals surface area contributed by atoms with Gasteiger partial charge in [-0.3, -0.25) is 4.79 Å². The third kappa shape index (κ3) is 3.48. The second kappa shape index (κ2) is 6.75. The SMILES string of the molecule is CN1CCN(c2nccc(C(=O)N(C)c3ccccc3)n2)CC1. The van der Waals surface area contributed by atoms with Gasteiger partial charge in [-0.25, -0.2) is 9.97 Å². The molecule has 0 atom stereocenters. The first-order valence-electron chi connectivity index (χ1n) is 7.75. The van der Waals surface area contributed by atoms with Crippen molar-refractivity contribution in [2.24, 2.45) is 0 Å². The Balaban J connectivity index is 1.78. The van der Waals surface area contributed by atoms with E-state index < -0.39 is 0 Å². The maximum Gasteiger partial charge on any atom is 0.276 e. The number of piperazine rings is 1. The normalized spacial score (nSPS) is 15.5. The van der Waals surface area contributed by atoms with Gasteiger partial charge in [0.15, 0.2) is 0 Å². The molecule has 1 aliphatic rings. The van der Waals surface area contributed by atoms with E-state index in [1.54, 1.807) is 24.2 Å². The van der Waals surface area contributed by atoms with Gasteiger partial charge in [0.2, 0.25) is 5.95 Å². The van der Waals surface area contributed by atoms with Crippen molar-refractivity contribution in [3.63, 3.8) is 0 Å². The number of hydrogen-bond acceptors (Lipinski definition) is 5. The van der Waals surface area contributed by atoms with Crippen molar-refractivity contribution in [1.29, 1.82) is 0 Å². The number of aromatic nitrogens is 2. The van der Waals surface area contributed by atoms with Crippen molar-refractivity contribution in [1.82, 2.24) is 14.9 Å². The van der Waals surface area contributed by atoms with Gasteiger partial charge in [-0.05, 0) is 25.2 Å². The van der Waals surface area contributed by atoms with E-state index in [1.807, 2.05) is 30.3 Å². The Morgan fingerprint density at radius 2 is 1.78 bits per heavy atom. The van der Waals surface area contributed by atoms with Crippen LogP contribution in [0.15, 0.2) is 42.6 Å². The summed E-state index contributed by atoms with van der Waals surface area (Å²) in [7, 11) is 3.86. The average Bonchev–Trinajstić information content (AvgIpc) is 2.62. The third-order valence-electron chi connectivity index (χ3n) is 4.10. The molecule has 120 valence electrons. The maximum atomic E-state index is 12.6. The van der Waals surface area contributed by atoms with Gasteiger partial charge < -0.3 is 14.7 Å². The summed E-state index contributed by atoms with van der Waals surface area (Å²) >= 11 is 0. The molecule has 2 aromatic rings. The van der Waals surface area contributed by atoms with Crippen molar-refractivity contribution < 1.29 is 4.79 Å². The van der Waals surface area contributed by atoms with Crippen molar-refractivity contribution in [2.45, 2.75) is 0 Å². The summed E-state index contributed by atoms with van der Waals surface area (Å²) in [4.78, 5) is 27.4. The summed E-state index contributed by atoms with van der Waals surface area (Å²) in [5.74, 6) is 0.499. The first kappa shape index (κ1) is 15.4. The van der Waals surface area contributed by atoms with Crippen LogP contribution >= 0.6 is 0 Å². The number of hydrogen-bond donors (Lipinski definition) is 0. The Labute approximate surface area is 136 Å². The highest BCUT2D eigenvalue weighted by Gasteiger charge is 2.20. The molecule has 1 fully saturated rings. The predicted octanol–water partition coefficient (Wildman–Crippen LogP) is 1.50. The minimum Gasteiger partial charge on any atom is -0.338 e. The standard InChI is InChI=1S/C17H21N5O/c1-20-10-12-22(13-11-20)17-18-9-8-15(19-17)16(23)21(2)14-6-4-3-5-7-14/h3-9H,10-13H2,1-2H3. The molecule has 3 rings (SSSR count). The molecule has 0 aliphatic carbocycles. The molecule has 23 heavy (non-hydrogen) atoms. The van der Waals surface area contributed by atoms with Gasteiger partial charge in [0, 0.05) is 45.1 Å². The average molecular weight is 311 g/mol. The molecule has 2 heterocycles. The number of carbonyl (C=O) groups is 1. The van der Waals surface area contributed by atoms with Gasteiger partial charge in [-0.2, -0.15) is 0 Å². The molecular weight excluding hydrogens is 290 g/mol. The van der Waals surface area contributed by atoms with Crippen LogP contribution in [0.2, 0.25) is 0 Å². The second-order valence-corrected chi connectivity index (χ2v) is 5.73. The van der Waals surface area contributed by atoms with Crippen LogP contribution in [-0.2, 0) is 0 Å². The van der Waals surface area contributed by atoms with Crippen LogP contribution in [0.4, 0.5) is 11.6 Å². The highest BCUT2D eigenvalue weighted by molar-refractivity contribution is 6.04. The van der Waals surface area contributed by atoms with Crippen molar-refractivity contribution in [3.05, 3.63) is 48.3 Å². The quantitative estimate of drug-likeness (QED) is 0.860. The van der Waals surface area contributed by atoms with Gasteiger partial charge in [-0.15, -0.1) is 0 Å². The molecule has 1 amide bonds. The molecule has 0 N–H and O–H groups in total. The molecule has 0 unspecified atom stereocenters. The Morgan fingerprint density at radius 3 is 2.48 bits per heavy atom. The second-order valence-electron chi connectivity index (χ2n) is 5.73. The van der Waals surface area contributed by atoms with Crippen molar-refractivity contribution in [3.8, 4) is 0 Å². The zero-order valence-electron chi connectivity index (χ0n) is 13.5. The van der Waals surface area contributed by atoms with E-state index in [4.69, 9.17) is 0 Å². The van der Waals surface area contributed by atoms with Gasteiger partial charge in [0.05, 0.1) is 0 Å². The minimum absolute atomic E-state index is 0.131. The Hall–Kier alpha value is -2.47. The summed E-state index contributed by atoms with van der Waals surface area (Å²) in [5.41, 5.74) is 1.26. The Kier molecular flexibility index (Phi) is 4.52. The molecule has 0 radical (unpaired) electrons. The minimum atomic E-state index is -0.131. The summed E-state index contributed by atoms with van der Waals surface area (Å²) in [6.45, 7) is 3.71. The predicted molar refractivity (Wildman–Crippen MR) is 90.9 cm³/mol. The highest BCUT2D eigenvalue weighted by Crippen LogP contribution is 2.16. The fourth-order valence-electron chi connectivity index (χ4n) is 2.57. The smallest absolute Gasteiger partial charge is 0.276 e. The van der Waals surface area contributed by atoms with Crippen LogP contribution in [0, 0.1) is 0 Å². The zero-order chi connectivity index (χ0) is 16.2. The third-order valence-corrected chi connectivity index (χ3v) is 4.10. The van der Waals surface area contributed by atoms with Crippen LogP contribution in [0.1, 0.15) is 10.5 Å². The van der Waals surface area contributed by atoms with Gasteiger partial charge in [0.25, 0.3) is 5.91 Å². The lowest BCUT2D eigenvalue weighted by Crippen LogP contribution is -2.45. The number of rotatable bonds is 3.